The average Bonchev–Trinajstić information content (AvgIpc) is 2.39. The number of nitrogens with zero attached hydrogens (tertiary/aromatic N) is 1. The molecule has 2 rings (SSSR count). The molecule has 0 amide bonds. The van der Waals surface area contributed by atoms with Gasteiger partial charge in [-0.2, -0.15) is 0 Å². The fraction of sp³-hybridized carbons (Fsp3) is 0.214. The highest BCUT2D eigenvalue weighted by Gasteiger charge is 2.11. The van der Waals surface area contributed by atoms with Crippen molar-refractivity contribution >= 4 is 52.1 Å². The summed E-state index contributed by atoms with van der Waals surface area (Å²) in [7, 11) is 0. The standard InChI is InChI=1S/C14H14Cl3N3/c1-3-18-13-10(16)7-11(17)14(20-13)19-12-8(2)5-4-6-9(12)15/h4-7H,3H2,1-2H3,(H2,18,19,20). The number of halogens is 3. The zero-order valence-electron chi connectivity index (χ0n) is 11.1. The van der Waals surface area contributed by atoms with E-state index in [1.165, 1.54) is 0 Å². The van der Waals surface area contributed by atoms with E-state index in [0.29, 0.717) is 26.7 Å². The molecule has 0 fully saturated rings. The molecule has 0 bridgehead atoms. The summed E-state index contributed by atoms with van der Waals surface area (Å²) < 4.78 is 0. The Morgan fingerprint density at radius 2 is 1.75 bits per heavy atom. The smallest absolute Gasteiger partial charge is 0.151 e. The van der Waals surface area contributed by atoms with Crippen molar-refractivity contribution in [2.75, 3.05) is 17.2 Å². The summed E-state index contributed by atoms with van der Waals surface area (Å²) in [5, 5.41) is 7.78. The quantitative estimate of drug-likeness (QED) is 0.774. The molecule has 3 nitrogen and oxygen atoms in total. The number of hydrogen-bond acceptors (Lipinski definition) is 3. The minimum Gasteiger partial charge on any atom is -0.369 e. The average molecular weight is 331 g/mol. The van der Waals surface area contributed by atoms with Crippen LogP contribution in [0.2, 0.25) is 15.1 Å². The first-order chi connectivity index (χ1) is 9.52. The van der Waals surface area contributed by atoms with Gasteiger partial charge in [-0.1, -0.05) is 46.9 Å². The van der Waals surface area contributed by atoms with Gasteiger partial charge in [-0.15, -0.1) is 0 Å². The molecule has 0 aliphatic carbocycles. The third-order valence-corrected chi connectivity index (χ3v) is 3.63. The van der Waals surface area contributed by atoms with Gasteiger partial charge < -0.3 is 10.6 Å². The van der Waals surface area contributed by atoms with Gasteiger partial charge in [-0.25, -0.2) is 4.98 Å². The Labute approximate surface area is 133 Å². The number of rotatable bonds is 4. The highest BCUT2D eigenvalue weighted by atomic mass is 35.5. The number of aryl methyl sites for hydroxylation is 1. The molecular weight excluding hydrogens is 317 g/mol. The second-order valence-corrected chi connectivity index (χ2v) is 5.46. The monoisotopic (exact) mass is 329 g/mol. The highest BCUT2D eigenvalue weighted by molar-refractivity contribution is 6.37. The predicted octanol–water partition coefficient (Wildman–Crippen LogP) is 5.53. The Hall–Kier alpha value is -1.16. The number of aromatic nitrogens is 1. The Morgan fingerprint density at radius 3 is 2.40 bits per heavy atom. The first-order valence-corrected chi connectivity index (χ1v) is 7.28. The molecule has 0 aliphatic heterocycles. The van der Waals surface area contributed by atoms with Gasteiger partial charge in [0, 0.05) is 6.54 Å². The molecule has 0 unspecified atom stereocenters. The summed E-state index contributed by atoms with van der Waals surface area (Å²) in [4.78, 5) is 4.39. The second-order valence-electron chi connectivity index (χ2n) is 4.24. The van der Waals surface area contributed by atoms with E-state index in [1.807, 2.05) is 32.0 Å². The zero-order chi connectivity index (χ0) is 14.7. The summed E-state index contributed by atoms with van der Waals surface area (Å²) in [5.74, 6) is 1.11. The third-order valence-electron chi connectivity index (χ3n) is 2.74. The van der Waals surface area contributed by atoms with Crippen LogP contribution in [-0.2, 0) is 0 Å². The van der Waals surface area contributed by atoms with Crippen LogP contribution in [-0.4, -0.2) is 11.5 Å². The summed E-state index contributed by atoms with van der Waals surface area (Å²) in [6.07, 6.45) is 0. The molecule has 0 aliphatic rings. The second kappa shape index (κ2) is 6.53. The molecule has 0 radical (unpaired) electrons. The highest BCUT2D eigenvalue weighted by Crippen LogP contribution is 2.34. The van der Waals surface area contributed by atoms with E-state index in [-0.39, 0.29) is 0 Å². The lowest BCUT2D eigenvalue weighted by Gasteiger charge is -2.14. The van der Waals surface area contributed by atoms with Crippen LogP contribution in [0, 0.1) is 6.92 Å². The number of hydrogen-bond donors (Lipinski definition) is 2. The summed E-state index contributed by atoms with van der Waals surface area (Å²) in [6.45, 7) is 4.65. The molecule has 1 aromatic carbocycles. The molecular formula is C14H14Cl3N3. The van der Waals surface area contributed by atoms with E-state index in [1.54, 1.807) is 6.07 Å². The van der Waals surface area contributed by atoms with E-state index in [0.717, 1.165) is 17.8 Å². The van der Waals surface area contributed by atoms with Crippen LogP contribution in [0.15, 0.2) is 24.3 Å². The van der Waals surface area contributed by atoms with Crippen molar-refractivity contribution in [2.45, 2.75) is 13.8 Å². The first kappa shape index (κ1) is 15.2. The van der Waals surface area contributed by atoms with E-state index < -0.39 is 0 Å². The van der Waals surface area contributed by atoms with Crippen LogP contribution in [0.4, 0.5) is 17.3 Å². The lowest BCUT2D eigenvalue weighted by atomic mass is 10.2. The fourth-order valence-corrected chi connectivity index (χ4v) is 2.50. The van der Waals surface area contributed by atoms with Gasteiger partial charge in [0.15, 0.2) is 5.82 Å². The Morgan fingerprint density at radius 1 is 1.05 bits per heavy atom. The normalized spacial score (nSPS) is 10.4. The Balaban J connectivity index is 2.40. The molecule has 1 heterocycles. The van der Waals surface area contributed by atoms with Crippen LogP contribution in [0.5, 0.6) is 0 Å². The number of nitrogens with one attached hydrogen (secondary N) is 2. The van der Waals surface area contributed by atoms with Gasteiger partial charge in [-0.05, 0) is 31.5 Å². The minimum absolute atomic E-state index is 0.441. The number of anilines is 3. The topological polar surface area (TPSA) is 37.0 Å². The number of pyridine rings is 1. The van der Waals surface area contributed by atoms with E-state index >= 15 is 0 Å². The van der Waals surface area contributed by atoms with Crippen molar-refractivity contribution < 1.29 is 0 Å². The van der Waals surface area contributed by atoms with Gasteiger partial charge in [0.2, 0.25) is 0 Å². The largest absolute Gasteiger partial charge is 0.369 e. The van der Waals surface area contributed by atoms with E-state index in [2.05, 4.69) is 15.6 Å². The first-order valence-electron chi connectivity index (χ1n) is 6.15. The molecule has 106 valence electrons. The SMILES string of the molecule is CCNc1nc(Nc2c(C)cccc2Cl)c(Cl)cc1Cl. The summed E-state index contributed by atoms with van der Waals surface area (Å²) in [5.41, 5.74) is 1.80. The minimum atomic E-state index is 0.441. The van der Waals surface area contributed by atoms with Crippen LogP contribution in [0.1, 0.15) is 12.5 Å². The summed E-state index contributed by atoms with van der Waals surface area (Å²) in [6, 6.07) is 7.32. The molecule has 0 spiro atoms. The molecule has 1 aromatic heterocycles. The summed E-state index contributed by atoms with van der Waals surface area (Å²) >= 11 is 18.4. The third kappa shape index (κ3) is 3.29. The maximum absolute atomic E-state index is 6.19. The Bertz CT molecular complexity index is 609. The fourth-order valence-electron chi connectivity index (χ4n) is 1.75. The van der Waals surface area contributed by atoms with Crippen molar-refractivity contribution in [3.63, 3.8) is 0 Å². The van der Waals surface area contributed by atoms with Gasteiger partial charge in [0.25, 0.3) is 0 Å². The van der Waals surface area contributed by atoms with E-state index in [9.17, 15) is 0 Å². The molecule has 2 N–H and O–H groups in total. The van der Waals surface area contributed by atoms with Crippen molar-refractivity contribution in [1.82, 2.24) is 4.98 Å². The van der Waals surface area contributed by atoms with Crippen LogP contribution < -0.4 is 10.6 Å². The lowest BCUT2D eigenvalue weighted by molar-refractivity contribution is 1.16. The predicted molar refractivity (Wildman–Crippen MR) is 87.9 cm³/mol. The zero-order valence-corrected chi connectivity index (χ0v) is 13.4. The maximum Gasteiger partial charge on any atom is 0.151 e. The van der Waals surface area contributed by atoms with Crippen molar-refractivity contribution in [1.29, 1.82) is 0 Å². The number of benzene rings is 1. The number of para-hydroxylation sites is 1. The molecule has 20 heavy (non-hydrogen) atoms. The van der Waals surface area contributed by atoms with Crippen LogP contribution in [0.3, 0.4) is 0 Å². The Kier molecular flexibility index (Phi) is 4.97. The van der Waals surface area contributed by atoms with Gasteiger partial charge in [-0.3, -0.25) is 0 Å². The molecule has 0 atom stereocenters. The van der Waals surface area contributed by atoms with Crippen molar-refractivity contribution in [3.05, 3.63) is 44.9 Å². The molecule has 0 saturated heterocycles. The van der Waals surface area contributed by atoms with Crippen molar-refractivity contribution in [2.24, 2.45) is 0 Å². The molecule has 2 aromatic rings. The molecule has 6 heteroatoms. The molecule has 0 saturated carbocycles. The lowest BCUT2D eigenvalue weighted by Crippen LogP contribution is -2.04. The van der Waals surface area contributed by atoms with Gasteiger partial charge >= 0.3 is 0 Å². The van der Waals surface area contributed by atoms with Gasteiger partial charge in [0.1, 0.15) is 5.82 Å². The van der Waals surface area contributed by atoms with E-state index in [4.69, 9.17) is 34.8 Å². The van der Waals surface area contributed by atoms with Crippen LogP contribution >= 0.6 is 34.8 Å². The maximum atomic E-state index is 6.19. The van der Waals surface area contributed by atoms with Crippen molar-refractivity contribution in [3.8, 4) is 0 Å². The van der Waals surface area contributed by atoms with Crippen LogP contribution in [0.25, 0.3) is 0 Å². The van der Waals surface area contributed by atoms with Gasteiger partial charge in [0.05, 0.1) is 20.8 Å².